The average molecular weight is 478 g/mol. The summed E-state index contributed by atoms with van der Waals surface area (Å²) in [5, 5.41) is 8.89. The number of nitrogens with one attached hydrogen (secondary N) is 2. The fourth-order valence-corrected chi connectivity index (χ4v) is 3.74. The minimum Gasteiger partial charge on any atom is -0.494 e. The van der Waals surface area contributed by atoms with Crippen LogP contribution in [0.4, 0.5) is 4.39 Å². The van der Waals surface area contributed by atoms with Gasteiger partial charge in [-0.2, -0.15) is 0 Å². The van der Waals surface area contributed by atoms with E-state index in [2.05, 4.69) is 10.9 Å². The molecule has 0 bridgehead atoms. The van der Waals surface area contributed by atoms with E-state index in [1.165, 1.54) is 6.07 Å². The molecule has 3 aromatic carbocycles. The van der Waals surface area contributed by atoms with Crippen LogP contribution in [-0.2, 0) is 22.5 Å². The highest BCUT2D eigenvalue weighted by atomic mass is 19.1. The maximum atomic E-state index is 13.9. The summed E-state index contributed by atoms with van der Waals surface area (Å²) in [6.07, 6.45) is 0.895. The Hall–Kier alpha value is -3.75. The van der Waals surface area contributed by atoms with E-state index in [0.29, 0.717) is 36.7 Å². The molecule has 0 radical (unpaired) electrons. The molecule has 0 unspecified atom stereocenters. The molecule has 0 fully saturated rings. The number of ether oxygens (including phenoxy) is 2. The molecular weight excluding hydrogens is 449 g/mol. The van der Waals surface area contributed by atoms with Gasteiger partial charge in [0.05, 0.1) is 6.61 Å². The number of amides is 1. The van der Waals surface area contributed by atoms with E-state index >= 15 is 0 Å². The molecular formula is C27H28FN3O4. The van der Waals surface area contributed by atoms with Crippen molar-refractivity contribution < 1.29 is 23.8 Å². The van der Waals surface area contributed by atoms with Gasteiger partial charge in [-0.3, -0.25) is 10.2 Å². The molecule has 0 aliphatic carbocycles. The second-order valence-electron chi connectivity index (χ2n) is 8.25. The van der Waals surface area contributed by atoms with Crippen molar-refractivity contribution in [2.45, 2.75) is 24.9 Å². The van der Waals surface area contributed by atoms with E-state index in [-0.39, 0.29) is 31.5 Å². The van der Waals surface area contributed by atoms with E-state index in [9.17, 15) is 9.18 Å². The summed E-state index contributed by atoms with van der Waals surface area (Å²) < 4.78 is 25.4. The predicted octanol–water partition coefficient (Wildman–Crippen LogP) is 3.17. The van der Waals surface area contributed by atoms with E-state index < -0.39 is 5.54 Å². The third-order valence-corrected chi connectivity index (χ3v) is 5.64. The normalized spacial score (nSPS) is 16.9. The molecule has 1 aliphatic heterocycles. The number of hydrogen-bond acceptors (Lipinski definition) is 6. The van der Waals surface area contributed by atoms with Gasteiger partial charge in [0, 0.05) is 37.1 Å². The van der Waals surface area contributed by atoms with Crippen LogP contribution in [0.2, 0.25) is 0 Å². The minimum absolute atomic E-state index is 0.0686. The summed E-state index contributed by atoms with van der Waals surface area (Å²) in [5.74, 6) is 0.330. The number of carbonyl (C=O) groups is 1. The van der Waals surface area contributed by atoms with Crippen molar-refractivity contribution >= 4 is 11.8 Å². The summed E-state index contributed by atoms with van der Waals surface area (Å²) >= 11 is 0. The molecule has 1 aliphatic rings. The highest BCUT2D eigenvalue weighted by molar-refractivity contribution is 6.00. The third-order valence-electron chi connectivity index (χ3n) is 5.64. The number of benzene rings is 3. The first-order chi connectivity index (χ1) is 17.1. The molecule has 182 valence electrons. The van der Waals surface area contributed by atoms with Crippen molar-refractivity contribution in [1.29, 1.82) is 0 Å². The van der Waals surface area contributed by atoms with Crippen LogP contribution in [0.1, 0.15) is 23.1 Å². The Kier molecular flexibility index (Phi) is 8.07. The Balaban J connectivity index is 1.50. The zero-order valence-corrected chi connectivity index (χ0v) is 19.2. The zero-order valence-electron chi connectivity index (χ0n) is 19.2. The number of rotatable bonds is 11. The standard InChI is InChI=1S/C27H28FN3O4/c28-24-10-5-4-9-22(24)18-29-31-26(33)27(17-20-7-2-1-3-8-20)19-35-25(30-27)21-11-13-23(14-12-21)34-16-6-15-32/h1-5,7-14,29,32H,6,15-19H2,(H,31,33)/t27-/m0/s1. The first-order valence-electron chi connectivity index (χ1n) is 11.5. The van der Waals surface area contributed by atoms with Gasteiger partial charge in [0.15, 0.2) is 5.54 Å². The quantitative estimate of drug-likeness (QED) is 0.292. The first-order valence-corrected chi connectivity index (χ1v) is 11.5. The topological polar surface area (TPSA) is 92.2 Å². The van der Waals surface area contributed by atoms with Crippen molar-refractivity contribution in [2.75, 3.05) is 19.8 Å². The fourth-order valence-electron chi connectivity index (χ4n) is 3.74. The van der Waals surface area contributed by atoms with Crippen molar-refractivity contribution in [3.8, 4) is 5.75 Å². The molecule has 4 rings (SSSR count). The lowest BCUT2D eigenvalue weighted by Crippen LogP contribution is -2.52. The summed E-state index contributed by atoms with van der Waals surface area (Å²) in [4.78, 5) is 18.1. The van der Waals surface area contributed by atoms with Crippen LogP contribution in [-0.4, -0.2) is 42.3 Å². The van der Waals surface area contributed by atoms with Crippen LogP contribution in [0.5, 0.6) is 5.75 Å². The Morgan fingerprint density at radius 1 is 1.06 bits per heavy atom. The van der Waals surface area contributed by atoms with Gasteiger partial charge in [-0.25, -0.2) is 14.8 Å². The zero-order chi connectivity index (χ0) is 24.5. The molecule has 1 heterocycles. The van der Waals surface area contributed by atoms with E-state index in [1.54, 1.807) is 30.3 Å². The van der Waals surface area contributed by atoms with Crippen molar-refractivity contribution in [1.82, 2.24) is 10.9 Å². The van der Waals surface area contributed by atoms with Gasteiger partial charge in [-0.15, -0.1) is 0 Å². The molecule has 3 aromatic rings. The lowest BCUT2D eigenvalue weighted by atomic mass is 9.91. The van der Waals surface area contributed by atoms with E-state index in [1.807, 2.05) is 42.5 Å². The van der Waals surface area contributed by atoms with Gasteiger partial charge in [-0.05, 0) is 35.9 Å². The minimum atomic E-state index is -1.19. The summed E-state index contributed by atoms with van der Waals surface area (Å²) in [6, 6.07) is 23.2. The molecule has 0 spiro atoms. The van der Waals surface area contributed by atoms with Crippen LogP contribution in [0.15, 0.2) is 83.9 Å². The maximum absolute atomic E-state index is 13.9. The molecule has 1 atom stereocenters. The largest absolute Gasteiger partial charge is 0.494 e. The van der Waals surface area contributed by atoms with Crippen LogP contribution in [0.25, 0.3) is 0 Å². The van der Waals surface area contributed by atoms with E-state index in [0.717, 1.165) is 11.1 Å². The van der Waals surface area contributed by atoms with Gasteiger partial charge >= 0.3 is 0 Å². The van der Waals surface area contributed by atoms with Crippen LogP contribution in [0.3, 0.4) is 0 Å². The number of aliphatic imine (C=N–C) groups is 1. The van der Waals surface area contributed by atoms with Gasteiger partial charge < -0.3 is 14.6 Å². The Morgan fingerprint density at radius 2 is 1.80 bits per heavy atom. The van der Waals surface area contributed by atoms with Crippen LogP contribution in [0, 0.1) is 5.82 Å². The van der Waals surface area contributed by atoms with Crippen molar-refractivity contribution in [2.24, 2.45) is 4.99 Å². The van der Waals surface area contributed by atoms with E-state index in [4.69, 9.17) is 19.6 Å². The molecule has 35 heavy (non-hydrogen) atoms. The summed E-state index contributed by atoms with van der Waals surface area (Å²) in [5.41, 5.74) is 6.43. The smallest absolute Gasteiger partial charge is 0.266 e. The number of carbonyl (C=O) groups excluding carboxylic acids is 1. The molecule has 8 heteroatoms. The Bertz CT molecular complexity index is 1150. The maximum Gasteiger partial charge on any atom is 0.266 e. The van der Waals surface area contributed by atoms with Gasteiger partial charge in [-0.1, -0.05) is 48.5 Å². The fraction of sp³-hybridized carbons (Fsp3) is 0.259. The second-order valence-corrected chi connectivity index (χ2v) is 8.25. The Morgan fingerprint density at radius 3 is 2.54 bits per heavy atom. The van der Waals surface area contributed by atoms with Crippen molar-refractivity contribution in [3.05, 3.63) is 101 Å². The van der Waals surface area contributed by atoms with Crippen LogP contribution >= 0.6 is 0 Å². The van der Waals surface area contributed by atoms with Gasteiger partial charge in [0.2, 0.25) is 5.90 Å². The molecule has 0 saturated heterocycles. The third kappa shape index (κ3) is 6.23. The molecule has 1 amide bonds. The number of aliphatic hydroxyl groups excluding tert-OH is 1. The lowest BCUT2D eigenvalue weighted by Gasteiger charge is -2.23. The highest BCUT2D eigenvalue weighted by Crippen LogP contribution is 2.27. The monoisotopic (exact) mass is 477 g/mol. The van der Waals surface area contributed by atoms with Gasteiger partial charge in [0.1, 0.15) is 18.2 Å². The number of hydrazine groups is 1. The van der Waals surface area contributed by atoms with Gasteiger partial charge in [0.25, 0.3) is 5.91 Å². The first kappa shape index (κ1) is 24.4. The lowest BCUT2D eigenvalue weighted by molar-refractivity contribution is -0.127. The SMILES string of the molecule is O=C(NNCc1ccccc1F)[C@]1(Cc2ccccc2)COC(c2ccc(OCCCO)cc2)=N1. The summed E-state index contributed by atoms with van der Waals surface area (Å²) in [7, 11) is 0. The number of aliphatic hydroxyl groups is 1. The number of halogens is 1. The molecule has 0 aromatic heterocycles. The Labute approximate surface area is 203 Å². The summed E-state index contributed by atoms with van der Waals surface area (Å²) in [6.45, 7) is 0.700. The number of hydrogen-bond donors (Lipinski definition) is 3. The van der Waals surface area contributed by atoms with Crippen molar-refractivity contribution in [3.63, 3.8) is 0 Å². The number of nitrogens with zero attached hydrogens (tertiary/aromatic N) is 1. The van der Waals surface area contributed by atoms with Crippen LogP contribution < -0.4 is 15.6 Å². The molecule has 7 nitrogen and oxygen atoms in total. The second kappa shape index (κ2) is 11.6. The predicted molar refractivity (Wildman–Crippen MR) is 130 cm³/mol. The molecule has 3 N–H and O–H groups in total. The average Bonchev–Trinajstić information content (AvgIpc) is 3.31. The highest BCUT2D eigenvalue weighted by Gasteiger charge is 2.44. The molecule has 0 saturated carbocycles.